The monoisotopic (exact) mass is 510 g/mol. The molecule has 2 aliphatic rings. The number of halogens is 2. The first-order valence-electron chi connectivity index (χ1n) is 8.52. The van der Waals surface area contributed by atoms with Crippen LogP contribution in [0.4, 0.5) is 5.69 Å². The second-order valence-corrected chi connectivity index (χ2v) is 8.75. The fraction of sp³-hybridized carbons (Fsp3) is 0.263. The minimum absolute atomic E-state index is 0.0572. The maximum absolute atomic E-state index is 13.0. The van der Waals surface area contributed by atoms with E-state index in [9.17, 15) is 4.79 Å². The van der Waals surface area contributed by atoms with E-state index in [0.717, 1.165) is 29.6 Å². The highest BCUT2D eigenvalue weighted by atomic mass is 79.9. The van der Waals surface area contributed by atoms with Crippen LogP contribution in [0.3, 0.4) is 0 Å². The average Bonchev–Trinajstić information content (AvgIpc) is 3.35. The van der Waals surface area contributed by atoms with Gasteiger partial charge in [0, 0.05) is 12.7 Å². The third kappa shape index (κ3) is 4.39. The maximum Gasteiger partial charge on any atom is 0.266 e. The molecule has 0 aliphatic carbocycles. The molecule has 0 unspecified atom stereocenters. The van der Waals surface area contributed by atoms with Crippen molar-refractivity contribution >= 4 is 66.5 Å². The highest BCUT2D eigenvalue weighted by Gasteiger charge is 2.36. The third-order valence-corrected chi connectivity index (χ3v) is 6.93. The van der Waals surface area contributed by atoms with E-state index in [4.69, 9.17) is 9.15 Å². The number of ether oxygens (including phenoxy) is 1. The number of amides is 1. The predicted molar refractivity (Wildman–Crippen MR) is 114 cm³/mol. The lowest BCUT2D eigenvalue weighted by Crippen LogP contribution is -2.36. The summed E-state index contributed by atoms with van der Waals surface area (Å²) in [6.45, 7) is 1.27. The zero-order chi connectivity index (χ0) is 18.8. The molecule has 2 aliphatic heterocycles. The van der Waals surface area contributed by atoms with Crippen LogP contribution in [0.25, 0.3) is 6.08 Å². The lowest BCUT2D eigenvalue weighted by atomic mass is 10.2. The molecule has 1 atom stereocenters. The van der Waals surface area contributed by atoms with Crippen molar-refractivity contribution in [1.82, 2.24) is 4.90 Å². The molecule has 8 heteroatoms. The van der Waals surface area contributed by atoms with Crippen LogP contribution in [0.5, 0.6) is 0 Å². The van der Waals surface area contributed by atoms with Crippen LogP contribution in [0, 0.1) is 0 Å². The van der Waals surface area contributed by atoms with Gasteiger partial charge in [0.2, 0.25) is 0 Å². The van der Waals surface area contributed by atoms with Gasteiger partial charge in [-0.15, -0.1) is 0 Å². The molecule has 140 valence electrons. The fourth-order valence-corrected chi connectivity index (χ4v) is 4.52. The molecule has 1 aromatic carbocycles. The number of thioether (sulfide) groups is 1. The molecule has 0 saturated carbocycles. The molecule has 0 radical (unpaired) electrons. The van der Waals surface area contributed by atoms with Gasteiger partial charge in [-0.2, -0.15) is 0 Å². The van der Waals surface area contributed by atoms with Crippen molar-refractivity contribution in [2.24, 2.45) is 4.99 Å². The largest absolute Gasteiger partial charge is 0.449 e. The van der Waals surface area contributed by atoms with Crippen LogP contribution in [-0.4, -0.2) is 35.2 Å². The Morgan fingerprint density at radius 1 is 1.30 bits per heavy atom. The molecule has 5 nitrogen and oxygen atoms in total. The first-order chi connectivity index (χ1) is 13.1. The first kappa shape index (κ1) is 19.0. The van der Waals surface area contributed by atoms with Crippen molar-refractivity contribution in [2.45, 2.75) is 18.9 Å². The molecule has 4 rings (SSSR count). The highest BCUT2D eigenvalue weighted by molar-refractivity contribution is 9.13. The minimum atomic E-state index is -0.0752. The summed E-state index contributed by atoms with van der Waals surface area (Å²) >= 11 is 8.07. The fourth-order valence-electron chi connectivity index (χ4n) is 2.92. The smallest absolute Gasteiger partial charge is 0.266 e. The van der Waals surface area contributed by atoms with Crippen molar-refractivity contribution in [3.8, 4) is 0 Å². The van der Waals surface area contributed by atoms with E-state index in [1.165, 1.54) is 11.8 Å². The molecular weight excluding hydrogens is 496 g/mol. The molecule has 0 N–H and O–H groups in total. The van der Waals surface area contributed by atoms with Gasteiger partial charge >= 0.3 is 0 Å². The first-order valence-corrected chi connectivity index (χ1v) is 10.9. The van der Waals surface area contributed by atoms with E-state index < -0.39 is 0 Å². The van der Waals surface area contributed by atoms with Crippen molar-refractivity contribution in [3.63, 3.8) is 0 Å². The summed E-state index contributed by atoms with van der Waals surface area (Å²) < 4.78 is 12.7. The van der Waals surface area contributed by atoms with E-state index in [1.54, 1.807) is 11.0 Å². The topological polar surface area (TPSA) is 55.0 Å². The SMILES string of the molecule is O=C1/C(=C/c2cc(Br)c(Br)o2)SC(=Nc2ccccc2)N1C[C@@H]1CCCO1. The summed E-state index contributed by atoms with van der Waals surface area (Å²) in [5.41, 5.74) is 0.815. The van der Waals surface area contributed by atoms with Crippen LogP contribution < -0.4 is 0 Å². The second-order valence-electron chi connectivity index (χ2n) is 6.16. The van der Waals surface area contributed by atoms with Crippen molar-refractivity contribution in [1.29, 1.82) is 0 Å². The number of carbonyl (C=O) groups excluding carboxylic acids is 1. The lowest BCUT2D eigenvalue weighted by Gasteiger charge is -2.19. The zero-order valence-electron chi connectivity index (χ0n) is 14.2. The number of rotatable bonds is 4. The van der Waals surface area contributed by atoms with Gasteiger partial charge in [-0.3, -0.25) is 9.69 Å². The van der Waals surface area contributed by atoms with E-state index in [0.29, 0.717) is 27.0 Å². The summed E-state index contributed by atoms with van der Waals surface area (Å²) in [6.07, 6.45) is 3.80. The van der Waals surface area contributed by atoms with Crippen molar-refractivity contribution in [2.75, 3.05) is 13.2 Å². The summed E-state index contributed by atoms with van der Waals surface area (Å²) in [4.78, 5) is 20.0. The lowest BCUT2D eigenvalue weighted by molar-refractivity contribution is -0.123. The Kier molecular flexibility index (Phi) is 5.87. The summed E-state index contributed by atoms with van der Waals surface area (Å²) in [5.74, 6) is 0.524. The van der Waals surface area contributed by atoms with E-state index in [-0.39, 0.29) is 12.0 Å². The number of benzene rings is 1. The Morgan fingerprint density at radius 3 is 2.78 bits per heavy atom. The standard InChI is InChI=1S/C19H16Br2N2O3S/c20-15-9-14(26-17(15)21)10-16-18(24)23(11-13-7-4-8-25-13)19(27-16)22-12-5-2-1-3-6-12/h1-3,5-6,9-10,13H,4,7-8,11H2/b16-10-,22-19?/t13-/m0/s1. The van der Waals surface area contributed by atoms with Crippen molar-refractivity contribution in [3.05, 3.63) is 56.2 Å². The van der Waals surface area contributed by atoms with Gasteiger partial charge < -0.3 is 9.15 Å². The molecule has 27 heavy (non-hydrogen) atoms. The molecule has 3 heterocycles. The summed E-state index contributed by atoms with van der Waals surface area (Å²) in [5, 5.41) is 0.664. The van der Waals surface area contributed by atoms with Gasteiger partial charge in [0.05, 0.1) is 27.7 Å². The third-order valence-electron chi connectivity index (χ3n) is 4.22. The van der Waals surface area contributed by atoms with E-state index >= 15 is 0 Å². The molecule has 1 amide bonds. The molecule has 1 aromatic heterocycles. The molecule has 2 aromatic rings. The minimum Gasteiger partial charge on any atom is -0.449 e. The van der Waals surface area contributed by atoms with Gasteiger partial charge in [-0.25, -0.2) is 4.99 Å². The highest BCUT2D eigenvalue weighted by Crippen LogP contribution is 2.36. The van der Waals surface area contributed by atoms with Crippen LogP contribution in [-0.2, 0) is 9.53 Å². The molecule has 2 fully saturated rings. The Morgan fingerprint density at radius 2 is 2.11 bits per heavy atom. The maximum atomic E-state index is 13.0. The number of para-hydroxylation sites is 1. The van der Waals surface area contributed by atoms with Crippen LogP contribution in [0.15, 0.2) is 59.9 Å². The Balaban J connectivity index is 1.65. The van der Waals surface area contributed by atoms with Gasteiger partial charge in [0.1, 0.15) is 5.76 Å². The van der Waals surface area contributed by atoms with Gasteiger partial charge in [0.25, 0.3) is 5.91 Å². The zero-order valence-corrected chi connectivity index (χ0v) is 18.2. The normalized spacial score (nSPS) is 23.1. The van der Waals surface area contributed by atoms with E-state index in [2.05, 4.69) is 36.9 Å². The number of carbonyl (C=O) groups is 1. The van der Waals surface area contributed by atoms with Gasteiger partial charge in [0.15, 0.2) is 9.84 Å². The number of amidine groups is 1. The Bertz CT molecular complexity index is 885. The van der Waals surface area contributed by atoms with Crippen LogP contribution >= 0.6 is 43.6 Å². The van der Waals surface area contributed by atoms with E-state index in [1.807, 2.05) is 36.4 Å². The average molecular weight is 512 g/mol. The quantitative estimate of drug-likeness (QED) is 0.502. The van der Waals surface area contributed by atoms with Gasteiger partial charge in [-0.1, -0.05) is 18.2 Å². The molecular formula is C19H16Br2N2O3S. The number of furan rings is 1. The predicted octanol–water partition coefficient (Wildman–Crippen LogP) is 5.59. The summed E-state index contributed by atoms with van der Waals surface area (Å²) in [6, 6.07) is 11.5. The molecule has 0 bridgehead atoms. The number of hydrogen-bond acceptors (Lipinski definition) is 5. The molecule has 2 saturated heterocycles. The number of nitrogens with zero attached hydrogens (tertiary/aromatic N) is 2. The number of hydrogen-bond donors (Lipinski definition) is 0. The number of aliphatic imine (C=N–C) groups is 1. The van der Waals surface area contributed by atoms with Gasteiger partial charge in [-0.05, 0) is 74.7 Å². The van der Waals surface area contributed by atoms with Crippen LogP contribution in [0.2, 0.25) is 0 Å². The van der Waals surface area contributed by atoms with Crippen LogP contribution in [0.1, 0.15) is 18.6 Å². The summed E-state index contributed by atoms with van der Waals surface area (Å²) in [7, 11) is 0. The molecule has 0 spiro atoms. The second kappa shape index (κ2) is 8.34. The van der Waals surface area contributed by atoms with Crippen molar-refractivity contribution < 1.29 is 13.9 Å². The Hall–Kier alpha value is -1.35. The Labute approximate surface area is 178 Å².